The van der Waals surface area contributed by atoms with Crippen LogP contribution in [0.3, 0.4) is 0 Å². The van der Waals surface area contributed by atoms with Crippen molar-refractivity contribution in [1.82, 2.24) is 14.9 Å². The minimum Gasteiger partial charge on any atom is -0.331 e. The molecule has 0 aliphatic rings. The summed E-state index contributed by atoms with van der Waals surface area (Å²) >= 11 is 9.42. The summed E-state index contributed by atoms with van der Waals surface area (Å²) in [6.07, 6.45) is 0.792. The molecule has 1 aromatic heterocycles. The van der Waals surface area contributed by atoms with Crippen molar-refractivity contribution in [2.75, 3.05) is 6.54 Å². The highest BCUT2D eigenvalue weighted by atomic mass is 79.9. The number of aromatic amines is 1. The molecule has 1 N–H and O–H groups in total. The van der Waals surface area contributed by atoms with E-state index in [-0.39, 0.29) is 18.0 Å². The van der Waals surface area contributed by atoms with Gasteiger partial charge in [-0.3, -0.25) is 9.59 Å². The lowest BCUT2D eigenvalue weighted by Crippen LogP contribution is -2.33. The summed E-state index contributed by atoms with van der Waals surface area (Å²) < 4.78 is 0.734. The number of carbonyl (C=O) groups is 1. The van der Waals surface area contributed by atoms with Crippen LogP contribution in [0.2, 0.25) is 5.02 Å². The van der Waals surface area contributed by atoms with Crippen LogP contribution in [0, 0.1) is 0 Å². The molecule has 0 fully saturated rings. The molecule has 7 heteroatoms. The molecule has 0 saturated heterocycles. The van der Waals surface area contributed by atoms with E-state index in [0.29, 0.717) is 33.9 Å². The predicted molar refractivity (Wildman–Crippen MR) is 107 cm³/mol. The van der Waals surface area contributed by atoms with E-state index >= 15 is 0 Å². The molecule has 0 aliphatic carbocycles. The maximum atomic E-state index is 12.9. The van der Waals surface area contributed by atoms with E-state index in [1.54, 1.807) is 29.2 Å². The Balaban J connectivity index is 1.95. The Labute approximate surface area is 164 Å². The van der Waals surface area contributed by atoms with E-state index in [0.717, 1.165) is 10.9 Å². The van der Waals surface area contributed by atoms with Gasteiger partial charge in [0.25, 0.3) is 11.5 Å². The van der Waals surface area contributed by atoms with E-state index in [1.807, 2.05) is 25.1 Å². The number of amides is 1. The molecular weight excluding hydrogens is 418 g/mol. The van der Waals surface area contributed by atoms with Crippen molar-refractivity contribution in [1.29, 1.82) is 0 Å². The van der Waals surface area contributed by atoms with Crippen molar-refractivity contribution in [2.24, 2.45) is 0 Å². The van der Waals surface area contributed by atoms with Crippen LogP contribution in [0.4, 0.5) is 0 Å². The average Bonchev–Trinajstić information content (AvgIpc) is 2.61. The number of rotatable bonds is 5. The fraction of sp³-hybridized carbons (Fsp3) is 0.211. The lowest BCUT2D eigenvalue weighted by molar-refractivity contribution is 0.0738. The first kappa shape index (κ1) is 18.6. The Hall–Kier alpha value is -2.18. The molecule has 2 aromatic carbocycles. The summed E-state index contributed by atoms with van der Waals surface area (Å²) in [5, 5.41) is 0.980. The summed E-state index contributed by atoms with van der Waals surface area (Å²) in [6, 6.07) is 12.2. The third-order valence-electron chi connectivity index (χ3n) is 3.94. The Morgan fingerprint density at radius 3 is 2.77 bits per heavy atom. The van der Waals surface area contributed by atoms with Gasteiger partial charge in [0, 0.05) is 16.0 Å². The first-order valence-corrected chi connectivity index (χ1v) is 9.39. The third kappa shape index (κ3) is 3.97. The van der Waals surface area contributed by atoms with Crippen LogP contribution in [0.15, 0.2) is 51.7 Å². The maximum absolute atomic E-state index is 12.9. The first-order valence-electron chi connectivity index (χ1n) is 8.22. The van der Waals surface area contributed by atoms with Crippen molar-refractivity contribution in [3.8, 4) is 0 Å². The van der Waals surface area contributed by atoms with Gasteiger partial charge in [0.1, 0.15) is 5.82 Å². The van der Waals surface area contributed by atoms with Crippen LogP contribution in [0.5, 0.6) is 0 Å². The summed E-state index contributed by atoms with van der Waals surface area (Å²) in [4.78, 5) is 34.1. The van der Waals surface area contributed by atoms with Crippen LogP contribution >= 0.6 is 27.5 Å². The quantitative estimate of drug-likeness (QED) is 0.647. The topological polar surface area (TPSA) is 66.1 Å². The van der Waals surface area contributed by atoms with E-state index < -0.39 is 0 Å². The number of halogens is 2. The number of hydrogen-bond acceptors (Lipinski definition) is 3. The summed E-state index contributed by atoms with van der Waals surface area (Å²) in [6.45, 7) is 2.76. The predicted octanol–water partition coefficient (Wildman–Crippen LogP) is 4.39. The molecule has 1 amide bonds. The number of fused-ring (bicyclic) bond motifs is 1. The van der Waals surface area contributed by atoms with E-state index in [9.17, 15) is 9.59 Å². The number of aromatic nitrogens is 2. The molecule has 0 bridgehead atoms. The molecule has 0 saturated carbocycles. The molecule has 3 rings (SSSR count). The number of H-pyrrole nitrogens is 1. The number of carbonyl (C=O) groups excluding carboxylic acids is 1. The zero-order chi connectivity index (χ0) is 18.7. The largest absolute Gasteiger partial charge is 0.331 e. The number of nitrogens with one attached hydrogen (secondary N) is 1. The highest BCUT2D eigenvalue weighted by Crippen LogP contribution is 2.19. The Morgan fingerprint density at radius 1 is 1.27 bits per heavy atom. The lowest BCUT2D eigenvalue weighted by Gasteiger charge is -2.22. The highest BCUT2D eigenvalue weighted by molar-refractivity contribution is 9.10. The zero-order valence-corrected chi connectivity index (χ0v) is 16.5. The van der Waals surface area contributed by atoms with Crippen molar-refractivity contribution in [3.63, 3.8) is 0 Å². The molecular formula is C19H17BrClN3O2. The number of nitrogens with zero attached hydrogens (tertiary/aromatic N) is 2. The van der Waals surface area contributed by atoms with Crippen molar-refractivity contribution in [2.45, 2.75) is 19.9 Å². The van der Waals surface area contributed by atoms with Crippen LogP contribution in [-0.2, 0) is 6.54 Å². The van der Waals surface area contributed by atoms with Gasteiger partial charge in [0.05, 0.1) is 23.0 Å². The van der Waals surface area contributed by atoms with Crippen molar-refractivity contribution >= 4 is 44.3 Å². The smallest absolute Gasteiger partial charge is 0.258 e. The standard InChI is InChI=1S/C19H17BrClN3O2/c1-2-9-24(19(26)13-5-3-4-6-15(13)20)11-17-22-16-10-12(21)7-8-14(16)18(25)23-17/h3-8,10H,2,9,11H2,1H3,(H,22,23,25). The lowest BCUT2D eigenvalue weighted by atomic mass is 10.2. The monoisotopic (exact) mass is 433 g/mol. The second kappa shape index (κ2) is 8.01. The van der Waals surface area contributed by atoms with Gasteiger partial charge in [-0.2, -0.15) is 0 Å². The van der Waals surface area contributed by atoms with E-state index in [4.69, 9.17) is 11.6 Å². The van der Waals surface area contributed by atoms with Gasteiger partial charge >= 0.3 is 0 Å². The fourth-order valence-corrected chi connectivity index (χ4v) is 3.36. The second-order valence-electron chi connectivity index (χ2n) is 5.88. The minimum absolute atomic E-state index is 0.117. The van der Waals surface area contributed by atoms with E-state index in [2.05, 4.69) is 25.9 Å². The SMILES string of the molecule is CCCN(Cc1nc2cc(Cl)ccc2c(=O)[nH]1)C(=O)c1ccccc1Br. The molecule has 5 nitrogen and oxygen atoms in total. The van der Waals surface area contributed by atoms with Gasteiger partial charge in [-0.15, -0.1) is 0 Å². The van der Waals surface area contributed by atoms with E-state index in [1.165, 1.54) is 0 Å². The van der Waals surface area contributed by atoms with Gasteiger partial charge in [-0.05, 0) is 52.7 Å². The molecule has 0 unspecified atom stereocenters. The molecule has 1 heterocycles. The van der Waals surface area contributed by atoms with Crippen molar-refractivity contribution in [3.05, 3.63) is 73.7 Å². The molecule has 0 atom stereocenters. The van der Waals surface area contributed by atoms with Gasteiger partial charge in [-0.1, -0.05) is 30.7 Å². The fourth-order valence-electron chi connectivity index (χ4n) is 2.74. The Morgan fingerprint density at radius 2 is 2.04 bits per heavy atom. The van der Waals surface area contributed by atoms with Crippen LogP contribution < -0.4 is 5.56 Å². The van der Waals surface area contributed by atoms with Crippen LogP contribution in [-0.4, -0.2) is 27.3 Å². The molecule has 134 valence electrons. The normalized spacial score (nSPS) is 10.9. The summed E-state index contributed by atoms with van der Waals surface area (Å²) in [7, 11) is 0. The molecule has 0 aliphatic heterocycles. The second-order valence-corrected chi connectivity index (χ2v) is 7.17. The van der Waals surface area contributed by atoms with Crippen LogP contribution in [0.1, 0.15) is 29.5 Å². The van der Waals surface area contributed by atoms with Gasteiger partial charge in [0.15, 0.2) is 0 Å². The van der Waals surface area contributed by atoms with Gasteiger partial charge < -0.3 is 9.88 Å². The Kier molecular flexibility index (Phi) is 5.74. The minimum atomic E-state index is -0.244. The van der Waals surface area contributed by atoms with Gasteiger partial charge in [0.2, 0.25) is 0 Å². The van der Waals surface area contributed by atoms with Crippen LogP contribution in [0.25, 0.3) is 10.9 Å². The van der Waals surface area contributed by atoms with Crippen molar-refractivity contribution < 1.29 is 4.79 Å². The molecule has 0 radical (unpaired) electrons. The molecule has 3 aromatic rings. The number of benzene rings is 2. The first-order chi connectivity index (χ1) is 12.5. The molecule has 0 spiro atoms. The average molecular weight is 435 g/mol. The Bertz CT molecular complexity index is 1020. The summed E-state index contributed by atoms with van der Waals surface area (Å²) in [5.74, 6) is 0.312. The zero-order valence-electron chi connectivity index (χ0n) is 14.1. The highest BCUT2D eigenvalue weighted by Gasteiger charge is 2.19. The molecule has 26 heavy (non-hydrogen) atoms. The summed E-state index contributed by atoms with van der Waals surface area (Å²) in [5.41, 5.74) is 0.847. The number of hydrogen-bond donors (Lipinski definition) is 1. The third-order valence-corrected chi connectivity index (χ3v) is 4.87. The maximum Gasteiger partial charge on any atom is 0.258 e. The van der Waals surface area contributed by atoms with Gasteiger partial charge in [-0.25, -0.2) is 4.98 Å².